The standard InChI is InChI=1S/C16H28N6O2.HI/c1-11-14(12(2)21(4)20-11)10-18-15(17-3)19-13-6-8-22(9-7-13)16(23)24-5;/h13H,6-10H2,1-5H3,(H2,17,18,19);1H. The van der Waals surface area contributed by atoms with Crippen LogP contribution in [0.1, 0.15) is 29.8 Å². The number of nitrogens with zero attached hydrogens (tertiary/aromatic N) is 4. The molecule has 0 bridgehead atoms. The quantitative estimate of drug-likeness (QED) is 0.403. The number of halogens is 1. The zero-order chi connectivity index (χ0) is 17.7. The van der Waals surface area contributed by atoms with E-state index in [4.69, 9.17) is 4.74 Å². The van der Waals surface area contributed by atoms with E-state index < -0.39 is 0 Å². The van der Waals surface area contributed by atoms with Crippen LogP contribution in [0.2, 0.25) is 0 Å². The van der Waals surface area contributed by atoms with E-state index >= 15 is 0 Å². The zero-order valence-corrected chi connectivity index (χ0v) is 18.0. The van der Waals surface area contributed by atoms with Crippen LogP contribution in [0, 0.1) is 13.8 Å². The van der Waals surface area contributed by atoms with Crippen molar-refractivity contribution in [3.05, 3.63) is 17.0 Å². The van der Waals surface area contributed by atoms with Crippen molar-refractivity contribution in [1.82, 2.24) is 25.3 Å². The van der Waals surface area contributed by atoms with Crippen LogP contribution in [0.25, 0.3) is 0 Å². The predicted molar refractivity (Wildman–Crippen MR) is 108 cm³/mol. The molecule has 1 aliphatic rings. The van der Waals surface area contributed by atoms with Crippen LogP contribution in [0.3, 0.4) is 0 Å². The number of aryl methyl sites for hydroxylation is 2. The van der Waals surface area contributed by atoms with Gasteiger partial charge in [-0.05, 0) is 26.7 Å². The minimum atomic E-state index is -0.251. The molecule has 0 atom stereocenters. The lowest BCUT2D eigenvalue weighted by Crippen LogP contribution is -2.49. The van der Waals surface area contributed by atoms with Crippen molar-refractivity contribution in [3.8, 4) is 0 Å². The maximum atomic E-state index is 11.5. The lowest BCUT2D eigenvalue weighted by Gasteiger charge is -2.32. The Morgan fingerprint density at radius 1 is 1.36 bits per heavy atom. The highest BCUT2D eigenvalue weighted by molar-refractivity contribution is 14.0. The fourth-order valence-corrected chi connectivity index (χ4v) is 2.97. The monoisotopic (exact) mass is 464 g/mol. The number of rotatable bonds is 3. The van der Waals surface area contributed by atoms with Crippen LogP contribution in [0.15, 0.2) is 4.99 Å². The number of likely N-dealkylation sites (tertiary alicyclic amines) is 1. The summed E-state index contributed by atoms with van der Waals surface area (Å²) in [6.45, 7) is 6.16. The van der Waals surface area contributed by atoms with Gasteiger partial charge in [-0.25, -0.2) is 4.79 Å². The van der Waals surface area contributed by atoms with Crippen molar-refractivity contribution < 1.29 is 9.53 Å². The highest BCUT2D eigenvalue weighted by Crippen LogP contribution is 2.12. The SMILES string of the molecule is CN=C(NCc1c(C)nn(C)c1C)NC1CCN(C(=O)OC)CC1.I. The maximum absolute atomic E-state index is 11.5. The van der Waals surface area contributed by atoms with Crippen LogP contribution in [-0.4, -0.2) is 60.0 Å². The van der Waals surface area contributed by atoms with E-state index in [1.165, 1.54) is 12.7 Å². The summed E-state index contributed by atoms with van der Waals surface area (Å²) in [6, 6.07) is 0.299. The third-order valence-corrected chi connectivity index (χ3v) is 4.58. The summed E-state index contributed by atoms with van der Waals surface area (Å²) in [5.41, 5.74) is 3.38. The number of amides is 1. The Hall–Kier alpha value is -1.52. The predicted octanol–water partition coefficient (Wildman–Crippen LogP) is 1.55. The molecule has 0 radical (unpaired) electrons. The molecular formula is C16H29IN6O2. The Morgan fingerprint density at radius 3 is 2.48 bits per heavy atom. The van der Waals surface area contributed by atoms with Crippen LogP contribution in [0.4, 0.5) is 4.79 Å². The number of ether oxygens (including phenoxy) is 1. The summed E-state index contributed by atoms with van der Waals surface area (Å²) >= 11 is 0. The number of hydrogen-bond donors (Lipinski definition) is 2. The van der Waals surface area contributed by atoms with Gasteiger partial charge in [0.15, 0.2) is 5.96 Å². The normalized spacial score (nSPS) is 15.6. The third kappa shape index (κ3) is 5.48. The number of piperidine rings is 1. The van der Waals surface area contributed by atoms with E-state index in [0.29, 0.717) is 25.7 Å². The molecule has 0 aliphatic carbocycles. The summed E-state index contributed by atoms with van der Waals surface area (Å²) in [7, 11) is 5.14. The smallest absolute Gasteiger partial charge is 0.409 e. The average Bonchev–Trinajstić information content (AvgIpc) is 2.83. The Morgan fingerprint density at radius 2 is 2.00 bits per heavy atom. The van der Waals surface area contributed by atoms with Gasteiger partial charge in [-0.3, -0.25) is 9.67 Å². The number of aromatic nitrogens is 2. The molecule has 0 spiro atoms. The lowest BCUT2D eigenvalue weighted by molar-refractivity contribution is 0.111. The second kappa shape index (κ2) is 9.83. The zero-order valence-electron chi connectivity index (χ0n) is 15.6. The van der Waals surface area contributed by atoms with Crippen molar-refractivity contribution in [2.24, 2.45) is 12.0 Å². The van der Waals surface area contributed by atoms with Crippen LogP contribution >= 0.6 is 24.0 Å². The molecule has 1 saturated heterocycles. The largest absolute Gasteiger partial charge is 0.453 e. The van der Waals surface area contributed by atoms with E-state index in [-0.39, 0.29) is 30.1 Å². The van der Waals surface area contributed by atoms with Gasteiger partial charge in [0, 0.05) is 51.0 Å². The Kier molecular flexibility index (Phi) is 8.46. The molecule has 1 aliphatic heterocycles. The van der Waals surface area contributed by atoms with Gasteiger partial charge >= 0.3 is 6.09 Å². The Labute approximate surface area is 166 Å². The van der Waals surface area contributed by atoms with Gasteiger partial charge in [0.1, 0.15) is 0 Å². The first kappa shape index (κ1) is 21.5. The minimum Gasteiger partial charge on any atom is -0.453 e. The fourth-order valence-electron chi connectivity index (χ4n) is 2.97. The van der Waals surface area contributed by atoms with Gasteiger partial charge in [0.25, 0.3) is 0 Å². The molecule has 2 rings (SSSR count). The summed E-state index contributed by atoms with van der Waals surface area (Å²) in [5.74, 6) is 0.772. The summed E-state index contributed by atoms with van der Waals surface area (Å²) in [4.78, 5) is 17.5. The Balaban J connectivity index is 0.00000312. The van der Waals surface area contributed by atoms with Crippen molar-refractivity contribution in [2.75, 3.05) is 27.2 Å². The molecule has 1 amide bonds. The number of aliphatic imine (C=N–C) groups is 1. The van der Waals surface area contributed by atoms with Crippen molar-refractivity contribution in [3.63, 3.8) is 0 Å². The van der Waals surface area contributed by atoms with Crippen LogP contribution in [-0.2, 0) is 18.3 Å². The van der Waals surface area contributed by atoms with Gasteiger partial charge in [-0.15, -0.1) is 24.0 Å². The van der Waals surface area contributed by atoms with Gasteiger partial charge in [0.05, 0.1) is 12.8 Å². The van der Waals surface area contributed by atoms with Gasteiger partial charge < -0.3 is 20.3 Å². The number of guanidine groups is 1. The topological polar surface area (TPSA) is 83.8 Å². The molecule has 1 aromatic rings. The molecule has 25 heavy (non-hydrogen) atoms. The molecule has 142 valence electrons. The molecule has 2 heterocycles. The molecule has 0 aromatic carbocycles. The van der Waals surface area contributed by atoms with Crippen LogP contribution in [0.5, 0.6) is 0 Å². The van der Waals surface area contributed by atoms with Crippen molar-refractivity contribution in [1.29, 1.82) is 0 Å². The third-order valence-electron chi connectivity index (χ3n) is 4.58. The molecule has 2 N–H and O–H groups in total. The summed E-state index contributed by atoms with van der Waals surface area (Å²) < 4.78 is 6.66. The molecule has 0 unspecified atom stereocenters. The first-order chi connectivity index (χ1) is 11.5. The highest BCUT2D eigenvalue weighted by Gasteiger charge is 2.23. The van der Waals surface area contributed by atoms with Gasteiger partial charge in [-0.2, -0.15) is 5.10 Å². The van der Waals surface area contributed by atoms with E-state index in [1.54, 1.807) is 11.9 Å². The van der Waals surface area contributed by atoms with Gasteiger partial charge in [-0.1, -0.05) is 0 Å². The number of methoxy groups -OCH3 is 1. The first-order valence-electron chi connectivity index (χ1n) is 8.25. The molecule has 9 heteroatoms. The molecule has 1 fully saturated rings. The number of nitrogens with one attached hydrogen (secondary N) is 2. The molecule has 8 nitrogen and oxygen atoms in total. The molecule has 1 aromatic heterocycles. The number of carbonyl (C=O) groups excluding carboxylic acids is 1. The first-order valence-corrected chi connectivity index (χ1v) is 8.25. The maximum Gasteiger partial charge on any atom is 0.409 e. The molecular weight excluding hydrogens is 435 g/mol. The van der Waals surface area contributed by atoms with Crippen molar-refractivity contribution >= 4 is 36.0 Å². The van der Waals surface area contributed by atoms with Gasteiger partial charge in [0.2, 0.25) is 0 Å². The minimum absolute atomic E-state index is 0. The highest BCUT2D eigenvalue weighted by atomic mass is 127. The second-order valence-electron chi connectivity index (χ2n) is 6.07. The Bertz CT molecular complexity index is 608. The van der Waals surface area contributed by atoms with Crippen LogP contribution < -0.4 is 10.6 Å². The lowest BCUT2D eigenvalue weighted by atomic mass is 10.1. The summed E-state index contributed by atoms with van der Waals surface area (Å²) in [6.07, 6.45) is 1.50. The number of hydrogen-bond acceptors (Lipinski definition) is 4. The fraction of sp³-hybridized carbons (Fsp3) is 0.688. The van der Waals surface area contributed by atoms with E-state index in [2.05, 4.69) is 27.6 Å². The van der Waals surface area contributed by atoms with E-state index in [1.807, 2.05) is 18.7 Å². The second-order valence-corrected chi connectivity index (χ2v) is 6.07. The van der Waals surface area contributed by atoms with E-state index in [0.717, 1.165) is 30.2 Å². The molecule has 0 saturated carbocycles. The van der Waals surface area contributed by atoms with E-state index in [9.17, 15) is 4.79 Å². The van der Waals surface area contributed by atoms with Crippen molar-refractivity contribution in [2.45, 2.75) is 39.3 Å². The summed E-state index contributed by atoms with van der Waals surface area (Å²) in [5, 5.41) is 11.2. The number of carbonyl (C=O) groups is 1. The average molecular weight is 464 g/mol.